The lowest BCUT2D eigenvalue weighted by Gasteiger charge is -2.30. The van der Waals surface area contributed by atoms with Crippen LogP contribution in [0.2, 0.25) is 0 Å². The van der Waals surface area contributed by atoms with Gasteiger partial charge in [-0.05, 0) is 31.9 Å². The summed E-state index contributed by atoms with van der Waals surface area (Å²) in [5.41, 5.74) is 0. The third-order valence-electron chi connectivity index (χ3n) is 4.43. The Kier molecular flexibility index (Phi) is 4.13. The van der Waals surface area contributed by atoms with E-state index >= 15 is 0 Å². The van der Waals surface area contributed by atoms with Crippen LogP contribution < -0.4 is 19.7 Å². The SMILES string of the molecule is C[C@@H]1Oc2ccccc2O[C@H]1C(=O)Nc1cc(N2CCCC2)ncn1. The fraction of sp³-hybridized carbons (Fsp3) is 0.389. The van der Waals surface area contributed by atoms with Crippen molar-refractivity contribution in [2.75, 3.05) is 23.3 Å². The van der Waals surface area contributed by atoms with Crippen LogP contribution in [-0.2, 0) is 4.79 Å². The number of anilines is 2. The molecule has 1 aromatic carbocycles. The molecule has 2 aliphatic heterocycles. The van der Waals surface area contributed by atoms with Crippen LogP contribution in [0.3, 0.4) is 0 Å². The minimum atomic E-state index is -0.736. The van der Waals surface area contributed by atoms with Gasteiger partial charge in [-0.1, -0.05) is 12.1 Å². The van der Waals surface area contributed by atoms with Crippen molar-refractivity contribution >= 4 is 17.5 Å². The molecule has 0 saturated carbocycles. The summed E-state index contributed by atoms with van der Waals surface area (Å²) in [7, 11) is 0. The molecule has 2 atom stereocenters. The molecule has 4 rings (SSSR count). The topological polar surface area (TPSA) is 76.6 Å². The molecule has 130 valence electrons. The summed E-state index contributed by atoms with van der Waals surface area (Å²) < 4.78 is 11.6. The van der Waals surface area contributed by atoms with Crippen LogP contribution in [0.4, 0.5) is 11.6 Å². The van der Waals surface area contributed by atoms with E-state index in [-0.39, 0.29) is 5.91 Å². The maximum atomic E-state index is 12.6. The summed E-state index contributed by atoms with van der Waals surface area (Å²) >= 11 is 0. The number of amides is 1. The number of hydrogen-bond acceptors (Lipinski definition) is 6. The zero-order chi connectivity index (χ0) is 17.2. The van der Waals surface area contributed by atoms with E-state index in [0.717, 1.165) is 31.7 Å². The number of carbonyl (C=O) groups excluding carboxylic acids is 1. The molecule has 1 N–H and O–H groups in total. The van der Waals surface area contributed by atoms with Gasteiger partial charge in [0.05, 0.1) is 0 Å². The van der Waals surface area contributed by atoms with Crippen molar-refractivity contribution in [3.63, 3.8) is 0 Å². The van der Waals surface area contributed by atoms with Gasteiger partial charge in [0.2, 0.25) is 6.10 Å². The molecule has 0 spiro atoms. The molecule has 0 aliphatic carbocycles. The Morgan fingerprint density at radius 3 is 2.64 bits per heavy atom. The van der Waals surface area contributed by atoms with Gasteiger partial charge >= 0.3 is 0 Å². The highest BCUT2D eigenvalue weighted by atomic mass is 16.6. The molecule has 7 heteroatoms. The summed E-state index contributed by atoms with van der Waals surface area (Å²) in [5.74, 6) is 2.24. The van der Waals surface area contributed by atoms with Crippen LogP contribution in [0.15, 0.2) is 36.7 Å². The van der Waals surface area contributed by atoms with Crippen molar-refractivity contribution in [2.24, 2.45) is 0 Å². The number of nitrogens with zero attached hydrogens (tertiary/aromatic N) is 3. The van der Waals surface area contributed by atoms with Crippen LogP contribution >= 0.6 is 0 Å². The van der Waals surface area contributed by atoms with Crippen molar-refractivity contribution in [1.29, 1.82) is 0 Å². The summed E-state index contributed by atoms with van der Waals surface area (Å²) in [6.07, 6.45) is 2.67. The predicted molar refractivity (Wildman–Crippen MR) is 93.1 cm³/mol. The van der Waals surface area contributed by atoms with E-state index in [9.17, 15) is 4.79 Å². The van der Waals surface area contributed by atoms with Gasteiger partial charge < -0.3 is 19.7 Å². The highest BCUT2D eigenvalue weighted by Gasteiger charge is 2.34. The first kappa shape index (κ1) is 15.7. The monoisotopic (exact) mass is 340 g/mol. The average Bonchev–Trinajstić information content (AvgIpc) is 3.16. The first-order valence-corrected chi connectivity index (χ1v) is 8.51. The molecule has 25 heavy (non-hydrogen) atoms. The maximum Gasteiger partial charge on any atom is 0.270 e. The van der Waals surface area contributed by atoms with Crippen molar-refractivity contribution in [3.8, 4) is 11.5 Å². The lowest BCUT2D eigenvalue weighted by molar-refractivity contribution is -0.128. The Hall–Kier alpha value is -2.83. The molecule has 1 saturated heterocycles. The van der Waals surface area contributed by atoms with Gasteiger partial charge in [0.1, 0.15) is 24.1 Å². The molecule has 1 aromatic heterocycles. The van der Waals surface area contributed by atoms with Gasteiger partial charge in [0, 0.05) is 19.2 Å². The minimum Gasteiger partial charge on any atom is -0.482 e. The first-order chi connectivity index (χ1) is 12.2. The second-order valence-electron chi connectivity index (χ2n) is 6.25. The molecule has 3 heterocycles. The van der Waals surface area contributed by atoms with Gasteiger partial charge in [-0.25, -0.2) is 9.97 Å². The fourth-order valence-corrected chi connectivity index (χ4v) is 3.14. The maximum absolute atomic E-state index is 12.6. The number of para-hydroxylation sites is 2. The first-order valence-electron chi connectivity index (χ1n) is 8.51. The standard InChI is InChI=1S/C18H20N4O3/c1-12-17(25-14-7-3-2-6-13(14)24-12)18(23)21-15-10-16(20-11-19-15)22-8-4-5-9-22/h2-3,6-7,10-12,17H,4-5,8-9H2,1H3,(H,19,20,21,23)/t12-,17+/m0/s1. The normalized spacial score (nSPS) is 21.9. The number of aromatic nitrogens is 2. The molecule has 2 aliphatic rings. The van der Waals surface area contributed by atoms with Crippen molar-refractivity contribution in [3.05, 3.63) is 36.7 Å². The Labute approximate surface area is 146 Å². The van der Waals surface area contributed by atoms with E-state index in [1.54, 1.807) is 12.1 Å². The van der Waals surface area contributed by atoms with Crippen LogP contribution in [-0.4, -0.2) is 41.2 Å². The molecule has 1 fully saturated rings. The van der Waals surface area contributed by atoms with E-state index < -0.39 is 12.2 Å². The zero-order valence-corrected chi connectivity index (χ0v) is 14.0. The van der Waals surface area contributed by atoms with E-state index in [2.05, 4.69) is 20.2 Å². The Morgan fingerprint density at radius 1 is 1.16 bits per heavy atom. The number of benzene rings is 1. The van der Waals surface area contributed by atoms with E-state index in [1.807, 2.05) is 25.1 Å². The van der Waals surface area contributed by atoms with Gasteiger partial charge in [-0.3, -0.25) is 4.79 Å². The fourth-order valence-electron chi connectivity index (χ4n) is 3.14. The van der Waals surface area contributed by atoms with Gasteiger partial charge in [-0.2, -0.15) is 0 Å². The number of ether oxygens (including phenoxy) is 2. The van der Waals surface area contributed by atoms with Crippen molar-refractivity contribution in [2.45, 2.75) is 32.0 Å². The van der Waals surface area contributed by atoms with E-state index in [1.165, 1.54) is 6.33 Å². The van der Waals surface area contributed by atoms with Crippen molar-refractivity contribution < 1.29 is 14.3 Å². The summed E-state index contributed by atoms with van der Waals surface area (Å²) in [6.45, 7) is 3.78. The third-order valence-corrected chi connectivity index (χ3v) is 4.43. The highest BCUT2D eigenvalue weighted by Crippen LogP contribution is 2.33. The Bertz CT molecular complexity index is 776. The predicted octanol–water partition coefficient (Wildman–Crippen LogP) is 2.24. The average molecular weight is 340 g/mol. The molecular formula is C18H20N4O3. The molecular weight excluding hydrogens is 320 g/mol. The van der Waals surface area contributed by atoms with E-state index in [0.29, 0.717) is 17.3 Å². The minimum absolute atomic E-state index is 0.284. The van der Waals surface area contributed by atoms with Crippen molar-refractivity contribution in [1.82, 2.24) is 9.97 Å². The number of carbonyl (C=O) groups is 1. The van der Waals surface area contributed by atoms with Crippen LogP contribution in [0.5, 0.6) is 11.5 Å². The molecule has 0 bridgehead atoms. The molecule has 0 unspecified atom stereocenters. The van der Waals surface area contributed by atoms with Gasteiger partial charge in [0.25, 0.3) is 5.91 Å². The van der Waals surface area contributed by atoms with Crippen LogP contribution in [0.25, 0.3) is 0 Å². The van der Waals surface area contributed by atoms with Crippen LogP contribution in [0, 0.1) is 0 Å². The Balaban J connectivity index is 1.48. The smallest absolute Gasteiger partial charge is 0.270 e. The summed E-state index contributed by atoms with van der Waals surface area (Å²) in [5, 5.41) is 2.82. The second kappa shape index (κ2) is 6.58. The van der Waals surface area contributed by atoms with Gasteiger partial charge in [0.15, 0.2) is 11.5 Å². The number of nitrogens with one attached hydrogen (secondary N) is 1. The number of rotatable bonds is 3. The second-order valence-corrected chi connectivity index (χ2v) is 6.25. The lowest BCUT2D eigenvalue weighted by atomic mass is 10.1. The molecule has 1 amide bonds. The molecule has 0 radical (unpaired) electrons. The van der Waals surface area contributed by atoms with E-state index in [4.69, 9.17) is 9.47 Å². The quantitative estimate of drug-likeness (QED) is 0.923. The summed E-state index contributed by atoms with van der Waals surface area (Å²) in [6, 6.07) is 9.13. The third kappa shape index (κ3) is 3.22. The zero-order valence-electron chi connectivity index (χ0n) is 14.0. The number of fused-ring (bicyclic) bond motifs is 1. The molecule has 7 nitrogen and oxygen atoms in total. The largest absolute Gasteiger partial charge is 0.482 e. The Morgan fingerprint density at radius 2 is 1.88 bits per heavy atom. The number of hydrogen-bond donors (Lipinski definition) is 1. The van der Waals surface area contributed by atoms with Crippen LogP contribution in [0.1, 0.15) is 19.8 Å². The molecule has 2 aromatic rings. The summed E-state index contributed by atoms with van der Waals surface area (Å²) in [4.78, 5) is 23.3. The lowest BCUT2D eigenvalue weighted by Crippen LogP contribution is -2.46. The highest BCUT2D eigenvalue weighted by molar-refractivity contribution is 5.94. The van der Waals surface area contributed by atoms with Gasteiger partial charge in [-0.15, -0.1) is 0 Å².